The van der Waals surface area contributed by atoms with Crippen molar-refractivity contribution >= 4 is 28.6 Å². The van der Waals surface area contributed by atoms with Gasteiger partial charge in [0.15, 0.2) is 5.16 Å². The second kappa shape index (κ2) is 6.96. The quantitative estimate of drug-likeness (QED) is 0.558. The number of thioether (sulfide) groups is 1. The molecule has 0 bridgehead atoms. The van der Waals surface area contributed by atoms with Crippen LogP contribution in [0, 0.1) is 0 Å². The van der Waals surface area contributed by atoms with Crippen LogP contribution in [0.4, 0.5) is 0 Å². The molecular weight excluding hydrogens is 346 g/mol. The van der Waals surface area contributed by atoms with Crippen LogP contribution in [0.25, 0.3) is 10.9 Å². The molecule has 4 rings (SSSR count). The smallest absolute Gasteiger partial charge is 0.261 e. The number of fused-ring (bicyclic) bond motifs is 1. The van der Waals surface area contributed by atoms with Gasteiger partial charge in [0.1, 0.15) is 5.25 Å². The lowest BCUT2D eigenvalue weighted by atomic mass is 10.1. The fourth-order valence-electron chi connectivity index (χ4n) is 2.81. The van der Waals surface area contributed by atoms with E-state index < -0.39 is 5.25 Å². The van der Waals surface area contributed by atoms with Crippen molar-refractivity contribution in [3.8, 4) is 0 Å². The minimum absolute atomic E-state index is 0.0360. The average molecular weight is 365 g/mol. The maximum absolute atomic E-state index is 12.8. The van der Waals surface area contributed by atoms with E-state index in [9.17, 15) is 9.59 Å². The van der Waals surface area contributed by atoms with Gasteiger partial charge in [0, 0.05) is 13.1 Å². The Morgan fingerprint density at radius 3 is 2.58 bits per heavy atom. The van der Waals surface area contributed by atoms with Crippen molar-refractivity contribution in [2.24, 2.45) is 7.05 Å². The highest BCUT2D eigenvalue weighted by Crippen LogP contribution is 2.35. The molecule has 1 aromatic heterocycles. The largest absolute Gasteiger partial charge is 0.352 e. The fourth-order valence-corrected chi connectivity index (χ4v) is 3.88. The van der Waals surface area contributed by atoms with Crippen LogP contribution >= 0.6 is 11.8 Å². The number of hydrogen-bond acceptors (Lipinski definition) is 4. The summed E-state index contributed by atoms with van der Waals surface area (Å²) in [6.45, 7) is 0. The molecule has 1 unspecified atom stereocenters. The van der Waals surface area contributed by atoms with Crippen LogP contribution in [0.1, 0.15) is 23.7 Å². The first-order valence-electron chi connectivity index (χ1n) is 8.61. The summed E-state index contributed by atoms with van der Waals surface area (Å²) in [6, 6.07) is 17.2. The number of aromatic nitrogens is 2. The number of nitrogens with zero attached hydrogens (tertiary/aromatic N) is 2. The second-order valence-electron chi connectivity index (χ2n) is 6.47. The van der Waals surface area contributed by atoms with Crippen molar-refractivity contribution in [3.05, 3.63) is 70.5 Å². The van der Waals surface area contributed by atoms with Gasteiger partial charge in [-0.1, -0.05) is 54.2 Å². The first kappa shape index (κ1) is 16.8. The Hall–Kier alpha value is -2.60. The van der Waals surface area contributed by atoms with E-state index >= 15 is 0 Å². The fraction of sp³-hybridized carbons (Fsp3) is 0.250. The highest BCUT2D eigenvalue weighted by atomic mass is 32.2. The zero-order valence-corrected chi connectivity index (χ0v) is 15.2. The van der Waals surface area contributed by atoms with E-state index in [4.69, 9.17) is 0 Å². The standard InChI is InChI=1S/C20H19N3O2S/c1-23-19(25)15-9-5-6-10-16(15)22-20(23)26-17(13-7-3-2-4-8-13)18(24)21-14-11-12-14/h2-10,14,17H,11-12H2,1H3,(H,21,24). The molecule has 1 fully saturated rings. The predicted octanol–water partition coefficient (Wildman–Crippen LogP) is 3.05. The molecule has 1 atom stereocenters. The molecule has 1 saturated carbocycles. The lowest BCUT2D eigenvalue weighted by Crippen LogP contribution is -2.30. The predicted molar refractivity (Wildman–Crippen MR) is 103 cm³/mol. The summed E-state index contributed by atoms with van der Waals surface area (Å²) in [7, 11) is 1.70. The first-order chi connectivity index (χ1) is 12.6. The number of carbonyl (C=O) groups is 1. The van der Waals surface area contributed by atoms with Crippen molar-refractivity contribution in [2.45, 2.75) is 29.3 Å². The minimum Gasteiger partial charge on any atom is -0.352 e. The first-order valence-corrected chi connectivity index (χ1v) is 9.49. The van der Waals surface area contributed by atoms with Gasteiger partial charge < -0.3 is 5.32 Å². The molecule has 26 heavy (non-hydrogen) atoms. The van der Waals surface area contributed by atoms with Crippen molar-refractivity contribution in [1.29, 1.82) is 0 Å². The van der Waals surface area contributed by atoms with E-state index in [1.54, 1.807) is 13.1 Å². The maximum atomic E-state index is 12.8. The van der Waals surface area contributed by atoms with Gasteiger partial charge in [0.05, 0.1) is 10.9 Å². The summed E-state index contributed by atoms with van der Waals surface area (Å²) in [6.07, 6.45) is 2.06. The number of carbonyl (C=O) groups excluding carboxylic acids is 1. The summed E-state index contributed by atoms with van der Waals surface area (Å²) in [5.74, 6) is -0.0360. The third kappa shape index (κ3) is 3.37. The molecule has 3 aromatic rings. The molecule has 0 saturated heterocycles. The van der Waals surface area contributed by atoms with Crippen LogP contribution in [0.2, 0.25) is 0 Å². The van der Waals surface area contributed by atoms with Gasteiger partial charge in [-0.15, -0.1) is 0 Å². The molecule has 1 aliphatic rings. The summed E-state index contributed by atoms with van der Waals surface area (Å²) in [4.78, 5) is 30.1. The number of para-hydroxylation sites is 1. The van der Waals surface area contributed by atoms with Gasteiger partial charge in [-0.2, -0.15) is 0 Å². The van der Waals surface area contributed by atoms with Crippen LogP contribution in [0.3, 0.4) is 0 Å². The molecule has 0 aliphatic heterocycles. The van der Waals surface area contributed by atoms with Gasteiger partial charge in [0.2, 0.25) is 5.91 Å². The summed E-state index contributed by atoms with van der Waals surface area (Å²) in [5, 5.41) is 3.74. The zero-order chi connectivity index (χ0) is 18.1. The summed E-state index contributed by atoms with van der Waals surface area (Å²) >= 11 is 1.32. The molecule has 6 heteroatoms. The number of hydrogen-bond donors (Lipinski definition) is 1. The Morgan fingerprint density at radius 2 is 1.85 bits per heavy atom. The summed E-state index contributed by atoms with van der Waals surface area (Å²) < 4.78 is 1.52. The van der Waals surface area contributed by atoms with Crippen LogP contribution < -0.4 is 10.9 Å². The second-order valence-corrected chi connectivity index (χ2v) is 7.54. The SMILES string of the molecule is Cn1c(SC(C(=O)NC2CC2)c2ccccc2)nc2ccccc2c1=O. The third-order valence-corrected chi connectivity index (χ3v) is 5.73. The van der Waals surface area contributed by atoms with Crippen molar-refractivity contribution in [3.63, 3.8) is 0 Å². The molecule has 0 radical (unpaired) electrons. The van der Waals surface area contributed by atoms with Crippen molar-refractivity contribution < 1.29 is 4.79 Å². The van der Waals surface area contributed by atoms with Crippen molar-refractivity contribution in [2.75, 3.05) is 0 Å². The molecule has 1 N–H and O–H groups in total. The average Bonchev–Trinajstić information content (AvgIpc) is 3.48. The van der Waals surface area contributed by atoms with E-state index in [-0.39, 0.29) is 17.5 Å². The van der Waals surface area contributed by atoms with Crippen LogP contribution in [0.5, 0.6) is 0 Å². The molecule has 1 amide bonds. The Labute approximate surface area is 155 Å². The Morgan fingerprint density at radius 1 is 1.15 bits per heavy atom. The van der Waals surface area contributed by atoms with E-state index in [0.717, 1.165) is 18.4 Å². The lowest BCUT2D eigenvalue weighted by molar-refractivity contribution is -0.120. The van der Waals surface area contributed by atoms with Crippen LogP contribution in [-0.2, 0) is 11.8 Å². The number of benzene rings is 2. The molecule has 5 nitrogen and oxygen atoms in total. The van der Waals surface area contributed by atoms with Gasteiger partial charge in [0.25, 0.3) is 5.56 Å². The molecular formula is C20H19N3O2S. The molecule has 2 aromatic carbocycles. The van der Waals surface area contributed by atoms with Gasteiger partial charge in [-0.3, -0.25) is 14.2 Å². The molecule has 1 heterocycles. The molecule has 1 aliphatic carbocycles. The number of nitrogens with one attached hydrogen (secondary N) is 1. The van der Waals surface area contributed by atoms with Crippen molar-refractivity contribution in [1.82, 2.24) is 14.9 Å². The highest BCUT2D eigenvalue weighted by molar-refractivity contribution is 8.00. The number of rotatable bonds is 5. The normalized spacial score (nSPS) is 15.0. The third-order valence-electron chi connectivity index (χ3n) is 4.43. The lowest BCUT2D eigenvalue weighted by Gasteiger charge is -2.18. The number of amides is 1. The zero-order valence-electron chi connectivity index (χ0n) is 14.4. The highest BCUT2D eigenvalue weighted by Gasteiger charge is 2.30. The Kier molecular flexibility index (Phi) is 4.51. The maximum Gasteiger partial charge on any atom is 0.261 e. The van der Waals surface area contributed by atoms with E-state index in [1.807, 2.05) is 48.5 Å². The van der Waals surface area contributed by atoms with Gasteiger partial charge >= 0.3 is 0 Å². The van der Waals surface area contributed by atoms with Crippen LogP contribution in [-0.4, -0.2) is 21.5 Å². The summed E-state index contributed by atoms with van der Waals surface area (Å²) in [5.41, 5.74) is 1.44. The Balaban J connectivity index is 1.73. The van der Waals surface area contributed by atoms with Gasteiger partial charge in [-0.25, -0.2) is 4.98 Å². The monoisotopic (exact) mass is 365 g/mol. The minimum atomic E-state index is -0.448. The molecule has 0 spiro atoms. The van der Waals surface area contributed by atoms with Gasteiger partial charge in [-0.05, 0) is 30.5 Å². The van der Waals surface area contributed by atoms with E-state index in [0.29, 0.717) is 16.1 Å². The van der Waals surface area contributed by atoms with E-state index in [2.05, 4.69) is 10.3 Å². The Bertz CT molecular complexity index is 1010. The topological polar surface area (TPSA) is 64.0 Å². The van der Waals surface area contributed by atoms with Crippen LogP contribution in [0.15, 0.2) is 64.5 Å². The van der Waals surface area contributed by atoms with E-state index in [1.165, 1.54) is 16.3 Å². The molecule has 132 valence electrons.